The monoisotopic (exact) mass is 1130 g/mol. The lowest BCUT2D eigenvalue weighted by Gasteiger charge is -2.37. The fourth-order valence-electron chi connectivity index (χ4n) is 9.76. The molecule has 1 aromatic rings. The maximum absolute atomic E-state index is 13.7. The first-order valence-corrected chi connectivity index (χ1v) is 28.3. The van der Waals surface area contributed by atoms with Crippen LogP contribution in [0.1, 0.15) is 126 Å². The SMILES string of the molecule is CC[C@H](O)[C@@H](C)[C@H]1O[C@@H]1C[C@@](C)(O)/C=C/C=C(\C)[C@H]1OC(=O)C[C@H](O)CC[C@@](C)(O)[C@@H](OC(=O)N2CCN(C(=O)OCc3ccc(NC(=O)[C@H](C)NC(=O)[C@@H](NC(=O)CCCCCN4C(=O)C=CC4=O)C(C)C)cc3)CC2)/C=C/[C@@H]1C. The number of piperazine rings is 1. The Morgan fingerprint density at radius 1 is 0.914 bits per heavy atom. The standard InChI is InChI=1S/C59H86N6O16/c1-10-44(67)39(6)53-45(79-53)34-58(8,76)26-14-15-37(4)52-38(5)17-22-46(59(9,77)27-25-43(66)33-50(71)81-52)80-57(75)64-31-29-63(30-32-64)56(74)78-35-41-18-20-42(21-19-41)61-54(72)40(7)60-55(73)51(36(2)3)62-47(68)16-12-11-13-28-65-48(69)23-24-49(65)70/h14-15,17-24,26,36,38-40,43-46,51-53,66-67,76-77H,10-13,16,25,27-35H2,1-9H3,(H,60,73)(H,61,72)(H,62,68)/b22-17+,26-14+,37-15+/t38-,39+,40-,43+,44-,45+,46-,51-,52+,53+,58-,59+/m0/s1. The van der Waals surface area contributed by atoms with Crippen LogP contribution in [-0.4, -0.2) is 175 Å². The highest BCUT2D eigenvalue weighted by Crippen LogP contribution is 2.38. The van der Waals surface area contributed by atoms with E-state index in [9.17, 15) is 58.8 Å². The van der Waals surface area contributed by atoms with Crippen LogP contribution in [0, 0.1) is 17.8 Å². The molecule has 0 unspecified atom stereocenters. The Hall–Kier alpha value is -6.46. The summed E-state index contributed by atoms with van der Waals surface area (Å²) in [5.41, 5.74) is -1.21. The minimum Gasteiger partial charge on any atom is -0.457 e. The Morgan fingerprint density at radius 3 is 2.19 bits per heavy atom. The summed E-state index contributed by atoms with van der Waals surface area (Å²) in [6.45, 7) is 16.3. The Labute approximate surface area is 475 Å². The number of anilines is 1. The van der Waals surface area contributed by atoms with E-state index in [2.05, 4.69) is 16.0 Å². The molecule has 12 atom stereocenters. The molecule has 5 rings (SSSR count). The molecular weight excluding hydrogens is 1050 g/mol. The van der Waals surface area contributed by atoms with Gasteiger partial charge in [-0.05, 0) is 95.1 Å². The second kappa shape index (κ2) is 30.0. The fraction of sp³-hybridized carbons (Fsp3) is 0.627. The van der Waals surface area contributed by atoms with E-state index in [0.29, 0.717) is 48.9 Å². The van der Waals surface area contributed by atoms with Crippen molar-refractivity contribution >= 4 is 53.4 Å². The number of hydrogen-bond donors (Lipinski definition) is 7. The van der Waals surface area contributed by atoms with Gasteiger partial charge in [0, 0.05) is 75.2 Å². The van der Waals surface area contributed by atoms with Gasteiger partial charge in [0.2, 0.25) is 17.7 Å². The van der Waals surface area contributed by atoms with E-state index in [-0.39, 0.29) is 107 Å². The summed E-state index contributed by atoms with van der Waals surface area (Å²) < 4.78 is 23.2. The number of imide groups is 1. The second-order valence-corrected chi connectivity index (χ2v) is 22.7. The van der Waals surface area contributed by atoms with Crippen molar-refractivity contribution in [1.29, 1.82) is 0 Å². The van der Waals surface area contributed by atoms with Crippen molar-refractivity contribution in [3.8, 4) is 0 Å². The van der Waals surface area contributed by atoms with Crippen LogP contribution in [0.2, 0.25) is 0 Å². The molecule has 81 heavy (non-hydrogen) atoms. The van der Waals surface area contributed by atoms with E-state index in [0.717, 1.165) is 4.90 Å². The number of carbonyl (C=O) groups excluding carboxylic acids is 8. The third kappa shape index (κ3) is 20.2. The number of unbranched alkanes of at least 4 members (excludes halogenated alkanes) is 2. The molecule has 0 saturated carbocycles. The summed E-state index contributed by atoms with van der Waals surface area (Å²) in [5, 5.41) is 52.0. The number of nitrogens with one attached hydrogen (secondary N) is 3. The molecule has 2 saturated heterocycles. The first-order chi connectivity index (χ1) is 38.2. The van der Waals surface area contributed by atoms with Crippen LogP contribution in [0.5, 0.6) is 0 Å². The Morgan fingerprint density at radius 2 is 1.56 bits per heavy atom. The van der Waals surface area contributed by atoms with Crippen LogP contribution in [0.3, 0.4) is 0 Å². The Balaban J connectivity index is 1.06. The number of epoxide rings is 1. The minimum absolute atomic E-state index is 0.00503. The maximum Gasteiger partial charge on any atom is 0.410 e. The number of cyclic esters (lactones) is 1. The lowest BCUT2D eigenvalue weighted by atomic mass is 9.88. The van der Waals surface area contributed by atoms with Gasteiger partial charge in [0.1, 0.15) is 30.4 Å². The minimum atomic E-state index is -1.66. The first kappa shape index (κ1) is 65.4. The summed E-state index contributed by atoms with van der Waals surface area (Å²) in [6.07, 6.45) is 7.79. The van der Waals surface area contributed by atoms with E-state index in [1.807, 2.05) is 13.8 Å². The molecule has 2 fully saturated rings. The zero-order chi connectivity index (χ0) is 59.8. The van der Waals surface area contributed by atoms with Gasteiger partial charge < -0.3 is 65.1 Å². The molecule has 448 valence electrons. The molecule has 22 nitrogen and oxygen atoms in total. The Kier molecular flexibility index (Phi) is 24.2. The predicted octanol–water partition coefficient (Wildman–Crippen LogP) is 4.73. The number of carbonyl (C=O) groups is 8. The van der Waals surface area contributed by atoms with Crippen molar-refractivity contribution in [3.05, 3.63) is 77.9 Å². The predicted molar refractivity (Wildman–Crippen MR) is 298 cm³/mol. The van der Waals surface area contributed by atoms with Crippen molar-refractivity contribution in [2.75, 3.05) is 38.0 Å². The average molecular weight is 1140 g/mol. The van der Waals surface area contributed by atoms with Crippen molar-refractivity contribution in [3.63, 3.8) is 0 Å². The number of esters is 1. The number of nitrogens with zero attached hydrogens (tertiary/aromatic N) is 3. The van der Waals surface area contributed by atoms with Crippen LogP contribution in [-0.2, 0) is 54.3 Å². The van der Waals surface area contributed by atoms with Crippen molar-refractivity contribution in [2.45, 2.75) is 187 Å². The zero-order valence-corrected chi connectivity index (χ0v) is 48.3. The topological polar surface area (TPSA) is 304 Å². The third-order valence-electron chi connectivity index (χ3n) is 15.2. The molecule has 0 spiro atoms. The molecule has 22 heteroatoms. The van der Waals surface area contributed by atoms with Crippen molar-refractivity contribution in [1.82, 2.24) is 25.3 Å². The fourth-order valence-corrected chi connectivity index (χ4v) is 9.76. The number of allylic oxidation sites excluding steroid dienone is 2. The van der Waals surface area contributed by atoms with Gasteiger partial charge in [-0.3, -0.25) is 33.7 Å². The van der Waals surface area contributed by atoms with E-state index >= 15 is 0 Å². The van der Waals surface area contributed by atoms with Gasteiger partial charge in [-0.2, -0.15) is 0 Å². The summed E-state index contributed by atoms with van der Waals surface area (Å²) in [5.74, 6) is -3.54. The molecule has 4 heterocycles. The first-order valence-electron chi connectivity index (χ1n) is 28.3. The van der Waals surface area contributed by atoms with Gasteiger partial charge in [-0.15, -0.1) is 0 Å². The number of ether oxygens (including phenoxy) is 4. The number of rotatable bonds is 23. The van der Waals surface area contributed by atoms with Gasteiger partial charge >= 0.3 is 18.2 Å². The second-order valence-electron chi connectivity index (χ2n) is 22.7. The number of aliphatic hydroxyl groups is 4. The highest BCUT2D eigenvalue weighted by Gasteiger charge is 2.47. The number of amides is 7. The number of hydrogen-bond acceptors (Lipinski definition) is 16. The van der Waals surface area contributed by atoms with Crippen LogP contribution in [0.15, 0.2) is 72.4 Å². The maximum atomic E-state index is 13.7. The number of benzene rings is 1. The molecule has 0 bridgehead atoms. The molecule has 0 aromatic heterocycles. The quantitative estimate of drug-likeness (QED) is 0.0148. The van der Waals surface area contributed by atoms with E-state index in [1.54, 1.807) is 89.3 Å². The zero-order valence-electron chi connectivity index (χ0n) is 48.3. The summed E-state index contributed by atoms with van der Waals surface area (Å²) in [6, 6.07) is 4.72. The largest absolute Gasteiger partial charge is 0.457 e. The molecule has 0 radical (unpaired) electrons. The molecule has 4 aliphatic heterocycles. The van der Waals surface area contributed by atoms with Crippen LogP contribution in [0.25, 0.3) is 0 Å². The molecular formula is C59H86N6O16. The van der Waals surface area contributed by atoms with Gasteiger partial charge in [-0.1, -0.05) is 77.5 Å². The third-order valence-corrected chi connectivity index (χ3v) is 15.2. The molecule has 7 N–H and O–H groups in total. The van der Waals surface area contributed by atoms with Gasteiger partial charge in [0.05, 0.1) is 36.4 Å². The molecule has 4 aliphatic rings. The van der Waals surface area contributed by atoms with E-state index < -0.39 is 83.6 Å². The highest BCUT2D eigenvalue weighted by atomic mass is 16.6. The van der Waals surface area contributed by atoms with Gasteiger partial charge in [0.15, 0.2) is 6.10 Å². The summed E-state index contributed by atoms with van der Waals surface area (Å²) >= 11 is 0. The van der Waals surface area contributed by atoms with E-state index in [1.165, 1.54) is 35.8 Å². The molecule has 7 amide bonds. The smallest absolute Gasteiger partial charge is 0.410 e. The van der Waals surface area contributed by atoms with Gasteiger partial charge in [0.25, 0.3) is 11.8 Å². The number of aliphatic hydroxyl groups excluding tert-OH is 2. The lowest BCUT2D eigenvalue weighted by molar-refractivity contribution is -0.151. The Bertz CT molecular complexity index is 2460. The van der Waals surface area contributed by atoms with Crippen LogP contribution in [0.4, 0.5) is 15.3 Å². The summed E-state index contributed by atoms with van der Waals surface area (Å²) in [7, 11) is 0. The van der Waals surface area contributed by atoms with Crippen LogP contribution < -0.4 is 16.0 Å². The lowest BCUT2D eigenvalue weighted by Crippen LogP contribution is -2.53. The normalized spacial score (nSPS) is 26.3. The van der Waals surface area contributed by atoms with E-state index in [4.69, 9.17) is 18.9 Å². The average Bonchev–Trinajstić information content (AvgIpc) is 4.18. The highest BCUT2D eigenvalue weighted by molar-refractivity contribution is 6.12. The van der Waals surface area contributed by atoms with Crippen molar-refractivity contribution in [2.24, 2.45) is 17.8 Å². The van der Waals surface area contributed by atoms with Gasteiger partial charge in [-0.25, -0.2) is 9.59 Å². The molecule has 0 aliphatic carbocycles. The summed E-state index contributed by atoms with van der Waals surface area (Å²) in [4.78, 5) is 106. The van der Waals surface area contributed by atoms with Crippen molar-refractivity contribution < 1.29 is 77.7 Å². The van der Waals surface area contributed by atoms with Crippen LogP contribution >= 0.6 is 0 Å². The molecule has 1 aromatic carbocycles.